The molecule has 136 valence electrons. The van der Waals surface area contributed by atoms with Crippen LogP contribution in [0.25, 0.3) is 20.7 Å². The number of H-pyrrole nitrogens is 1. The highest BCUT2D eigenvalue weighted by Crippen LogP contribution is 2.33. The molecule has 1 saturated heterocycles. The molecule has 0 aromatic carbocycles. The first-order chi connectivity index (χ1) is 12.6. The molecule has 7 heteroatoms. The summed E-state index contributed by atoms with van der Waals surface area (Å²) in [5.41, 5.74) is 2.24. The van der Waals surface area contributed by atoms with Crippen molar-refractivity contribution < 1.29 is 9.80 Å². The second-order valence-electron chi connectivity index (χ2n) is 7.13. The van der Waals surface area contributed by atoms with Gasteiger partial charge >= 0.3 is 0 Å². The van der Waals surface area contributed by atoms with Crippen LogP contribution in [0.2, 0.25) is 0 Å². The maximum Gasteiger partial charge on any atom is 0.260 e. The summed E-state index contributed by atoms with van der Waals surface area (Å²) >= 11 is 3.22. The van der Waals surface area contributed by atoms with Gasteiger partial charge in [0.05, 0.1) is 11.9 Å². The highest BCUT2D eigenvalue weighted by Gasteiger charge is 2.24. The van der Waals surface area contributed by atoms with Gasteiger partial charge in [-0.1, -0.05) is 12.6 Å². The van der Waals surface area contributed by atoms with E-state index >= 15 is 0 Å². The lowest BCUT2D eigenvalue weighted by Crippen LogP contribution is -3.27. The van der Waals surface area contributed by atoms with Crippen molar-refractivity contribution in [1.82, 2.24) is 9.97 Å². The molecule has 3 aromatic rings. The highest BCUT2D eigenvalue weighted by atomic mass is 32.1. The van der Waals surface area contributed by atoms with Crippen LogP contribution in [-0.2, 0) is 6.54 Å². The van der Waals surface area contributed by atoms with Crippen LogP contribution >= 0.6 is 22.7 Å². The molecule has 0 atom stereocenters. The number of hydrogen-bond donors (Lipinski definition) is 3. The normalized spacial score (nSPS) is 20.5. The first-order valence-electron chi connectivity index (χ1n) is 8.96. The number of thiophene rings is 2. The Kier molecular flexibility index (Phi) is 5.04. The third-order valence-corrected chi connectivity index (χ3v) is 6.69. The standard InChI is InChI=1S/C19H22N4OS2/c1-13(2)10-22-5-7-23(8-6-22)11-16-20-18(24)17-14(12-26-19(17)21-16)15-4-3-9-25-15/h3-4,9,12H,1,5-8,10-11H2,2H3,(H,20,21,24)/p+2. The third-order valence-electron chi connectivity index (χ3n) is 4.91. The molecule has 0 unspecified atom stereocenters. The molecule has 0 aliphatic carbocycles. The lowest BCUT2D eigenvalue weighted by Gasteiger charge is -2.29. The smallest absolute Gasteiger partial charge is 0.260 e. The lowest BCUT2D eigenvalue weighted by molar-refractivity contribution is -1.02. The summed E-state index contributed by atoms with van der Waals surface area (Å²) in [7, 11) is 0. The van der Waals surface area contributed by atoms with Gasteiger partial charge in [0.2, 0.25) is 0 Å². The van der Waals surface area contributed by atoms with Crippen LogP contribution in [0, 0.1) is 0 Å². The van der Waals surface area contributed by atoms with Crippen LogP contribution in [0.15, 0.2) is 39.8 Å². The van der Waals surface area contributed by atoms with E-state index in [9.17, 15) is 4.79 Å². The molecule has 0 radical (unpaired) electrons. The van der Waals surface area contributed by atoms with Crippen molar-refractivity contribution in [3.63, 3.8) is 0 Å². The van der Waals surface area contributed by atoms with E-state index in [1.165, 1.54) is 10.5 Å². The summed E-state index contributed by atoms with van der Waals surface area (Å²) in [5.74, 6) is 0.806. The van der Waals surface area contributed by atoms with Gasteiger partial charge < -0.3 is 14.8 Å². The molecular weight excluding hydrogens is 364 g/mol. The van der Waals surface area contributed by atoms with Gasteiger partial charge in [-0.25, -0.2) is 4.98 Å². The van der Waals surface area contributed by atoms with Crippen LogP contribution < -0.4 is 15.4 Å². The molecule has 3 N–H and O–H groups in total. The maximum absolute atomic E-state index is 12.7. The van der Waals surface area contributed by atoms with Gasteiger partial charge in [0, 0.05) is 15.8 Å². The molecule has 26 heavy (non-hydrogen) atoms. The van der Waals surface area contributed by atoms with E-state index in [1.807, 2.05) is 11.4 Å². The Morgan fingerprint density at radius 1 is 1.27 bits per heavy atom. The van der Waals surface area contributed by atoms with E-state index in [0.717, 1.165) is 65.8 Å². The zero-order chi connectivity index (χ0) is 18.1. The number of quaternary nitrogens is 2. The van der Waals surface area contributed by atoms with Crippen LogP contribution in [-0.4, -0.2) is 42.7 Å². The van der Waals surface area contributed by atoms with Crippen LogP contribution in [0.1, 0.15) is 12.7 Å². The first kappa shape index (κ1) is 17.6. The molecule has 0 amide bonds. The molecule has 0 spiro atoms. The summed E-state index contributed by atoms with van der Waals surface area (Å²) in [5, 5.41) is 4.81. The summed E-state index contributed by atoms with van der Waals surface area (Å²) < 4.78 is 0. The fourth-order valence-corrected chi connectivity index (χ4v) is 5.45. The largest absolute Gasteiger partial charge is 0.322 e. The molecule has 1 aliphatic heterocycles. The van der Waals surface area contributed by atoms with Gasteiger partial charge in [0.25, 0.3) is 5.56 Å². The zero-order valence-electron chi connectivity index (χ0n) is 14.9. The van der Waals surface area contributed by atoms with E-state index in [0.29, 0.717) is 0 Å². The molecule has 4 heterocycles. The quantitative estimate of drug-likeness (QED) is 0.560. The highest BCUT2D eigenvalue weighted by molar-refractivity contribution is 7.18. The Labute approximate surface area is 160 Å². The van der Waals surface area contributed by atoms with Crippen molar-refractivity contribution >= 4 is 32.9 Å². The Hall–Kier alpha value is -1.80. The van der Waals surface area contributed by atoms with Gasteiger partial charge in [0.15, 0.2) is 5.82 Å². The number of aromatic amines is 1. The number of fused-ring (bicyclic) bond motifs is 1. The van der Waals surface area contributed by atoms with Crippen molar-refractivity contribution in [1.29, 1.82) is 0 Å². The number of aromatic nitrogens is 2. The molecule has 1 fully saturated rings. The molecule has 3 aromatic heterocycles. The average Bonchev–Trinajstić information content (AvgIpc) is 3.25. The van der Waals surface area contributed by atoms with E-state index in [4.69, 9.17) is 4.98 Å². The number of piperazine rings is 1. The van der Waals surface area contributed by atoms with Gasteiger partial charge in [-0.2, -0.15) is 0 Å². The third kappa shape index (κ3) is 3.66. The van der Waals surface area contributed by atoms with E-state index in [-0.39, 0.29) is 5.56 Å². The minimum absolute atomic E-state index is 0.0133. The average molecular weight is 389 g/mol. The Morgan fingerprint density at radius 3 is 2.73 bits per heavy atom. The fourth-order valence-electron chi connectivity index (χ4n) is 3.66. The number of nitrogens with one attached hydrogen (secondary N) is 3. The number of rotatable bonds is 5. The summed E-state index contributed by atoms with van der Waals surface area (Å²) in [6, 6.07) is 4.06. The van der Waals surface area contributed by atoms with Crippen LogP contribution in [0.5, 0.6) is 0 Å². The summed E-state index contributed by atoms with van der Waals surface area (Å²) in [4.78, 5) is 25.5. The Balaban J connectivity index is 1.50. The second kappa shape index (κ2) is 7.44. The minimum Gasteiger partial charge on any atom is -0.322 e. The number of nitrogens with zero attached hydrogens (tertiary/aromatic N) is 1. The topological polar surface area (TPSA) is 54.6 Å². The summed E-state index contributed by atoms with van der Waals surface area (Å²) in [6.07, 6.45) is 0. The van der Waals surface area contributed by atoms with Gasteiger partial charge in [-0.3, -0.25) is 4.79 Å². The minimum atomic E-state index is -0.0133. The van der Waals surface area contributed by atoms with Gasteiger partial charge in [0.1, 0.15) is 37.6 Å². The molecule has 5 nitrogen and oxygen atoms in total. The molecule has 0 bridgehead atoms. The van der Waals surface area contributed by atoms with Crippen LogP contribution in [0.4, 0.5) is 0 Å². The van der Waals surface area contributed by atoms with Gasteiger partial charge in [-0.05, 0) is 23.9 Å². The lowest BCUT2D eigenvalue weighted by atomic mass is 10.2. The predicted octanol–water partition coefficient (Wildman–Crippen LogP) is 0.573. The van der Waals surface area contributed by atoms with Crippen molar-refractivity contribution in [3.05, 3.63) is 51.2 Å². The molecule has 4 rings (SSSR count). The van der Waals surface area contributed by atoms with Crippen molar-refractivity contribution in [3.8, 4) is 10.4 Å². The molecule has 1 aliphatic rings. The van der Waals surface area contributed by atoms with E-state index < -0.39 is 0 Å². The summed E-state index contributed by atoms with van der Waals surface area (Å²) in [6.45, 7) is 12.5. The predicted molar refractivity (Wildman–Crippen MR) is 108 cm³/mol. The first-order valence-corrected chi connectivity index (χ1v) is 10.7. The van der Waals surface area contributed by atoms with E-state index in [2.05, 4.69) is 29.9 Å². The van der Waals surface area contributed by atoms with Crippen molar-refractivity contribution in [2.24, 2.45) is 0 Å². The van der Waals surface area contributed by atoms with Gasteiger partial charge in [-0.15, -0.1) is 22.7 Å². The second-order valence-corrected chi connectivity index (χ2v) is 8.94. The zero-order valence-corrected chi connectivity index (χ0v) is 16.6. The number of hydrogen-bond acceptors (Lipinski definition) is 4. The van der Waals surface area contributed by atoms with E-state index in [1.54, 1.807) is 27.6 Å². The molecule has 0 saturated carbocycles. The Bertz CT molecular complexity index is 965. The fraction of sp³-hybridized carbons (Fsp3) is 0.368. The molecular formula is C19H24N4OS2+2. The Morgan fingerprint density at radius 2 is 2.04 bits per heavy atom. The van der Waals surface area contributed by atoms with Crippen molar-refractivity contribution in [2.75, 3.05) is 32.7 Å². The maximum atomic E-state index is 12.7. The monoisotopic (exact) mass is 388 g/mol. The van der Waals surface area contributed by atoms with Crippen LogP contribution in [0.3, 0.4) is 0 Å². The SMILES string of the molecule is C=C(C)C[NH+]1CC[NH+](Cc2nc3scc(-c4cccs4)c3c(=O)[nH]2)CC1. The van der Waals surface area contributed by atoms with Crippen molar-refractivity contribution in [2.45, 2.75) is 13.5 Å².